The van der Waals surface area contributed by atoms with E-state index in [1.807, 2.05) is 24.3 Å². The summed E-state index contributed by atoms with van der Waals surface area (Å²) in [5.41, 5.74) is 22.7. The van der Waals surface area contributed by atoms with E-state index in [1.165, 1.54) is 76.2 Å². The number of aromatic nitrogens is 7. The summed E-state index contributed by atoms with van der Waals surface area (Å²) in [5, 5.41) is 14.4. The zero-order valence-electron chi connectivity index (χ0n) is 53.9. The third kappa shape index (κ3) is 8.52. The van der Waals surface area contributed by atoms with Gasteiger partial charge in [-0.15, -0.1) is 0 Å². The van der Waals surface area contributed by atoms with Gasteiger partial charge in [0.15, 0.2) is 0 Å². The standard InChI is InChI=1S/C46H29N3O.C45H28N4O/c1-5-19-41-35(15-1)36-16-2-6-20-42(36)49(41)34-23-24-44-40(29-34)37-17-3-7-21-43(37)48(44)33-14-10-12-31(28-33)30-11-9-13-32(27-30)47-26-25-39-38-18-4-8-22-45(38)50-46(39)47;1-5-18-39-32(13-1)33-14-2-6-19-40(33)48(39)31-23-24-42-37(28-31)34-15-3-7-20-41(34)49(42)44-22-10-17-38(46-44)29-11-9-12-30(27-29)47-26-25-36-35-16-4-8-21-43(35)50-45(36)47/h1-29H;1-28H. The predicted molar refractivity (Wildman–Crippen MR) is 412 cm³/mol. The SMILES string of the molecule is c1cc(-c2cccc(-n3c4ccccc4c4cc(-n5c6ccccc6c6ccccc65)ccc43)c2)cc(-n2ccc3c4ccccc4oc32)c1.c1cc(-c2cccc(-n3c4ccccc4c4cc(-n5c6ccccc6c6ccccc65)ccc43)n2)cc(-n2ccc3c4ccccc4oc32)c1. The molecule has 13 aromatic carbocycles. The zero-order chi connectivity index (χ0) is 65.5. The van der Waals surface area contributed by atoms with Crippen LogP contribution in [0.15, 0.2) is 355 Å². The van der Waals surface area contributed by atoms with Crippen molar-refractivity contribution in [1.29, 1.82) is 0 Å². The lowest BCUT2D eigenvalue weighted by Gasteiger charge is -2.12. The second-order valence-electron chi connectivity index (χ2n) is 25.9. The number of furan rings is 2. The van der Waals surface area contributed by atoms with Crippen LogP contribution < -0.4 is 0 Å². The van der Waals surface area contributed by atoms with Gasteiger partial charge in [-0.2, -0.15) is 0 Å². The summed E-state index contributed by atoms with van der Waals surface area (Å²) in [6.45, 7) is 0. The monoisotopic (exact) mass is 1280 g/mol. The van der Waals surface area contributed by atoms with Gasteiger partial charge in [0.05, 0.1) is 49.8 Å². The molecule has 0 unspecified atom stereocenters. The van der Waals surface area contributed by atoms with E-state index >= 15 is 0 Å². The molecule has 0 amide bonds. The average molecular weight is 1280 g/mol. The van der Waals surface area contributed by atoms with E-state index in [9.17, 15) is 0 Å². The highest BCUT2D eigenvalue weighted by atomic mass is 16.3. The van der Waals surface area contributed by atoms with Gasteiger partial charge in [-0.05, 0) is 157 Å². The molecule has 9 heteroatoms. The van der Waals surface area contributed by atoms with Crippen LogP contribution in [0.4, 0.5) is 0 Å². The Labute approximate surface area is 571 Å². The fourth-order valence-corrected chi connectivity index (χ4v) is 15.9. The largest absolute Gasteiger partial charge is 0.439 e. The lowest BCUT2D eigenvalue weighted by Crippen LogP contribution is -1.99. The average Bonchev–Trinajstić information content (AvgIpc) is 1.58. The Kier molecular flexibility index (Phi) is 12.2. The second kappa shape index (κ2) is 22.0. The molecule has 22 aromatic rings. The number of nitrogens with zero attached hydrogens (tertiary/aromatic N) is 7. The van der Waals surface area contributed by atoms with Crippen molar-refractivity contribution in [3.63, 3.8) is 0 Å². The maximum atomic E-state index is 6.31. The molecule has 9 heterocycles. The van der Waals surface area contributed by atoms with Crippen LogP contribution >= 0.6 is 0 Å². The Morgan fingerprint density at radius 2 is 0.540 bits per heavy atom. The van der Waals surface area contributed by atoms with Gasteiger partial charge in [0.25, 0.3) is 0 Å². The molecule has 0 aliphatic heterocycles. The van der Waals surface area contributed by atoms with Crippen LogP contribution in [0, 0.1) is 0 Å². The molecule has 0 saturated heterocycles. The van der Waals surface area contributed by atoms with Gasteiger partial charge in [0, 0.05) is 111 Å². The minimum atomic E-state index is 0.843. The van der Waals surface area contributed by atoms with E-state index in [0.29, 0.717) is 0 Å². The molecule has 0 aliphatic carbocycles. The van der Waals surface area contributed by atoms with Crippen LogP contribution in [-0.2, 0) is 0 Å². The number of hydrogen-bond donors (Lipinski definition) is 0. The van der Waals surface area contributed by atoms with Crippen molar-refractivity contribution in [3.8, 4) is 56.6 Å². The van der Waals surface area contributed by atoms with Gasteiger partial charge in [-0.3, -0.25) is 13.7 Å². The predicted octanol–water partition coefficient (Wildman–Crippen LogP) is 23.9. The second-order valence-corrected chi connectivity index (χ2v) is 25.9. The van der Waals surface area contributed by atoms with Crippen molar-refractivity contribution in [2.45, 2.75) is 0 Å². The summed E-state index contributed by atoms with van der Waals surface area (Å²) < 4.78 is 26.3. The molecule has 100 heavy (non-hydrogen) atoms. The van der Waals surface area contributed by atoms with Gasteiger partial charge >= 0.3 is 0 Å². The number of fused-ring (bicyclic) bond motifs is 18. The van der Waals surface area contributed by atoms with E-state index in [-0.39, 0.29) is 0 Å². The zero-order valence-corrected chi connectivity index (χ0v) is 53.9. The van der Waals surface area contributed by atoms with Gasteiger partial charge < -0.3 is 22.5 Å². The molecule has 0 radical (unpaired) electrons. The van der Waals surface area contributed by atoms with Gasteiger partial charge in [0.2, 0.25) is 11.4 Å². The topological polar surface area (TPSA) is 68.8 Å². The van der Waals surface area contributed by atoms with Gasteiger partial charge in [-0.1, -0.05) is 188 Å². The Balaban J connectivity index is 0.000000131. The van der Waals surface area contributed by atoms with Crippen LogP contribution in [-0.4, -0.2) is 32.4 Å². The highest BCUT2D eigenvalue weighted by Crippen LogP contribution is 2.42. The molecule has 0 fully saturated rings. The lowest BCUT2D eigenvalue weighted by molar-refractivity contribution is 0.642. The Bertz CT molecular complexity index is 6540. The fraction of sp³-hybridized carbons (Fsp3) is 0. The summed E-state index contributed by atoms with van der Waals surface area (Å²) >= 11 is 0. The molecule has 0 atom stereocenters. The third-order valence-electron chi connectivity index (χ3n) is 20.4. The molecule has 0 spiro atoms. The van der Waals surface area contributed by atoms with Crippen LogP contribution in [0.5, 0.6) is 0 Å². The number of para-hydroxylation sites is 8. The summed E-state index contributed by atoms with van der Waals surface area (Å²) in [6, 6.07) is 119. The number of pyridine rings is 1. The van der Waals surface area contributed by atoms with Crippen molar-refractivity contribution in [1.82, 2.24) is 32.4 Å². The fourth-order valence-electron chi connectivity index (χ4n) is 15.9. The van der Waals surface area contributed by atoms with Crippen molar-refractivity contribution >= 4 is 131 Å². The van der Waals surface area contributed by atoms with Gasteiger partial charge in [0.1, 0.15) is 17.0 Å². The third-order valence-corrected chi connectivity index (χ3v) is 20.4. The van der Waals surface area contributed by atoms with E-state index in [1.54, 1.807) is 0 Å². The maximum Gasteiger partial charge on any atom is 0.212 e. The van der Waals surface area contributed by atoms with E-state index in [2.05, 4.69) is 349 Å². The summed E-state index contributed by atoms with van der Waals surface area (Å²) in [5.74, 6) is 0.879. The van der Waals surface area contributed by atoms with Crippen LogP contribution in [0.1, 0.15) is 0 Å². The lowest BCUT2D eigenvalue weighted by atomic mass is 10.0. The highest BCUT2D eigenvalue weighted by molar-refractivity contribution is 6.15. The summed E-state index contributed by atoms with van der Waals surface area (Å²) in [6.07, 6.45) is 4.18. The first kappa shape index (κ1) is 55.6. The quantitative estimate of drug-likeness (QED) is 0.152. The molecule has 9 nitrogen and oxygen atoms in total. The van der Waals surface area contributed by atoms with Crippen LogP contribution in [0.25, 0.3) is 188 Å². The first-order valence-electron chi connectivity index (χ1n) is 33.9. The minimum Gasteiger partial charge on any atom is -0.439 e. The maximum absolute atomic E-state index is 6.31. The minimum absolute atomic E-state index is 0.843. The summed E-state index contributed by atoms with van der Waals surface area (Å²) in [4.78, 5) is 5.28. The van der Waals surface area contributed by atoms with Crippen molar-refractivity contribution in [2.24, 2.45) is 0 Å². The molecule has 22 rings (SSSR count). The van der Waals surface area contributed by atoms with Crippen molar-refractivity contribution in [2.75, 3.05) is 0 Å². The highest BCUT2D eigenvalue weighted by Gasteiger charge is 2.22. The Hall–Kier alpha value is -13.6. The molecule has 9 aromatic heterocycles. The molecule has 468 valence electrons. The van der Waals surface area contributed by atoms with Gasteiger partial charge in [-0.25, -0.2) is 4.98 Å². The van der Waals surface area contributed by atoms with Crippen LogP contribution in [0.2, 0.25) is 0 Å². The van der Waals surface area contributed by atoms with E-state index in [0.717, 1.165) is 112 Å². The molecule has 0 saturated carbocycles. The van der Waals surface area contributed by atoms with E-state index in [4.69, 9.17) is 13.8 Å². The van der Waals surface area contributed by atoms with Crippen LogP contribution in [0.3, 0.4) is 0 Å². The first-order chi connectivity index (χ1) is 49.6. The van der Waals surface area contributed by atoms with Crippen molar-refractivity contribution in [3.05, 3.63) is 346 Å². The summed E-state index contributed by atoms with van der Waals surface area (Å²) in [7, 11) is 0. The molecular weight excluding hydrogens is 1220 g/mol. The molecule has 0 N–H and O–H groups in total. The smallest absolute Gasteiger partial charge is 0.212 e. The number of rotatable bonds is 8. The molecule has 0 bridgehead atoms. The molecule has 0 aliphatic rings. The normalized spacial score (nSPS) is 12.0. The Morgan fingerprint density at radius 3 is 1.00 bits per heavy atom. The number of hydrogen-bond acceptors (Lipinski definition) is 3. The Morgan fingerprint density at radius 1 is 0.210 bits per heavy atom. The molecular formula is C91H57N7O2. The van der Waals surface area contributed by atoms with E-state index < -0.39 is 0 Å². The number of benzene rings is 13. The van der Waals surface area contributed by atoms with Crippen molar-refractivity contribution < 1.29 is 8.83 Å². The first-order valence-corrected chi connectivity index (χ1v) is 33.9.